The molecule has 84 valence electrons. The van der Waals surface area contributed by atoms with E-state index in [0.717, 1.165) is 13.0 Å². The van der Waals surface area contributed by atoms with Crippen LogP contribution < -0.4 is 11.1 Å². The monoisotopic (exact) mass is 211 g/mol. The Bertz CT molecular complexity index is 320. The highest BCUT2D eigenvalue weighted by Gasteiger charge is 2.08. The number of nitrogens with two attached hydrogens (primary N) is 1. The quantitative estimate of drug-likeness (QED) is 0.697. The average Bonchev–Trinajstić information content (AvgIpc) is 2.59. The van der Waals surface area contributed by atoms with Crippen molar-refractivity contribution < 1.29 is 9.21 Å². The second-order valence-electron chi connectivity index (χ2n) is 3.61. The molecular weight excluding hydrogens is 194 g/mol. The molecular formula is C10H17N3O2. The number of carbonyl (C=O) groups is 1. The molecule has 1 rings (SSSR count). The SMILES string of the molecule is CN(C)CCCNC(=O)c1ccc(N)o1. The Morgan fingerprint density at radius 1 is 1.53 bits per heavy atom. The Morgan fingerprint density at radius 2 is 2.27 bits per heavy atom. The predicted octanol–water partition coefficient (Wildman–Crippen LogP) is 0.543. The van der Waals surface area contributed by atoms with Gasteiger partial charge in [-0.15, -0.1) is 0 Å². The highest BCUT2D eigenvalue weighted by Crippen LogP contribution is 2.08. The molecule has 1 amide bonds. The largest absolute Gasteiger partial charge is 0.436 e. The summed E-state index contributed by atoms with van der Waals surface area (Å²) in [5.41, 5.74) is 5.36. The lowest BCUT2D eigenvalue weighted by atomic mass is 10.3. The van der Waals surface area contributed by atoms with Crippen molar-refractivity contribution in [1.29, 1.82) is 0 Å². The van der Waals surface area contributed by atoms with Crippen LogP contribution in [-0.4, -0.2) is 38.0 Å². The molecule has 0 bridgehead atoms. The summed E-state index contributed by atoms with van der Waals surface area (Å²) in [5.74, 6) is 0.302. The molecule has 5 heteroatoms. The van der Waals surface area contributed by atoms with E-state index in [1.807, 2.05) is 14.1 Å². The maximum absolute atomic E-state index is 11.4. The minimum Gasteiger partial charge on any atom is -0.436 e. The third-order valence-electron chi connectivity index (χ3n) is 1.92. The van der Waals surface area contributed by atoms with Gasteiger partial charge in [-0.3, -0.25) is 4.79 Å². The molecule has 0 fully saturated rings. The van der Waals surface area contributed by atoms with Gasteiger partial charge in [-0.25, -0.2) is 0 Å². The topological polar surface area (TPSA) is 71.5 Å². The van der Waals surface area contributed by atoms with Gasteiger partial charge in [-0.1, -0.05) is 0 Å². The van der Waals surface area contributed by atoms with E-state index in [1.54, 1.807) is 12.1 Å². The molecule has 0 aliphatic rings. The first-order valence-corrected chi connectivity index (χ1v) is 4.88. The van der Waals surface area contributed by atoms with Crippen molar-refractivity contribution in [2.24, 2.45) is 0 Å². The number of hydrogen-bond donors (Lipinski definition) is 2. The molecule has 0 aliphatic heterocycles. The van der Waals surface area contributed by atoms with Gasteiger partial charge in [0.15, 0.2) is 11.6 Å². The zero-order chi connectivity index (χ0) is 11.3. The van der Waals surface area contributed by atoms with Gasteiger partial charge in [0.25, 0.3) is 5.91 Å². The van der Waals surface area contributed by atoms with Crippen LogP contribution in [0.25, 0.3) is 0 Å². The van der Waals surface area contributed by atoms with Crippen LogP contribution in [0.1, 0.15) is 17.0 Å². The van der Waals surface area contributed by atoms with E-state index in [2.05, 4.69) is 10.2 Å². The van der Waals surface area contributed by atoms with Crippen LogP contribution in [0.2, 0.25) is 0 Å². The van der Waals surface area contributed by atoms with Gasteiger partial charge in [0.05, 0.1) is 0 Å². The van der Waals surface area contributed by atoms with Crippen molar-refractivity contribution in [3.63, 3.8) is 0 Å². The van der Waals surface area contributed by atoms with Crippen LogP contribution in [-0.2, 0) is 0 Å². The Balaban J connectivity index is 2.25. The van der Waals surface area contributed by atoms with Gasteiger partial charge >= 0.3 is 0 Å². The maximum Gasteiger partial charge on any atom is 0.287 e. The molecule has 5 nitrogen and oxygen atoms in total. The van der Waals surface area contributed by atoms with Crippen LogP contribution in [0.4, 0.5) is 5.88 Å². The first-order chi connectivity index (χ1) is 7.09. The van der Waals surface area contributed by atoms with Gasteiger partial charge in [0, 0.05) is 12.6 Å². The second kappa shape index (κ2) is 5.41. The standard InChI is InChI=1S/C10H17N3O2/c1-13(2)7-3-6-12-10(14)8-4-5-9(11)15-8/h4-5H,3,6-7,11H2,1-2H3,(H,12,14). The zero-order valence-corrected chi connectivity index (χ0v) is 9.12. The Hall–Kier alpha value is -1.49. The van der Waals surface area contributed by atoms with E-state index >= 15 is 0 Å². The van der Waals surface area contributed by atoms with Crippen molar-refractivity contribution in [3.05, 3.63) is 17.9 Å². The summed E-state index contributed by atoms with van der Waals surface area (Å²) in [7, 11) is 3.99. The van der Waals surface area contributed by atoms with Crippen molar-refractivity contribution in [3.8, 4) is 0 Å². The van der Waals surface area contributed by atoms with E-state index in [0.29, 0.717) is 6.54 Å². The number of carbonyl (C=O) groups excluding carboxylic acids is 1. The number of amides is 1. The summed E-state index contributed by atoms with van der Waals surface area (Å²) >= 11 is 0. The van der Waals surface area contributed by atoms with Crippen LogP contribution in [0, 0.1) is 0 Å². The Morgan fingerprint density at radius 3 is 2.80 bits per heavy atom. The molecule has 0 atom stereocenters. The summed E-state index contributed by atoms with van der Waals surface area (Å²) in [5, 5.41) is 2.75. The third kappa shape index (κ3) is 4.03. The van der Waals surface area contributed by atoms with Gasteiger partial charge in [0.2, 0.25) is 0 Å². The number of nitrogens with one attached hydrogen (secondary N) is 1. The number of furan rings is 1. The van der Waals surface area contributed by atoms with E-state index in [1.165, 1.54) is 0 Å². The average molecular weight is 211 g/mol. The van der Waals surface area contributed by atoms with Crippen molar-refractivity contribution in [1.82, 2.24) is 10.2 Å². The third-order valence-corrected chi connectivity index (χ3v) is 1.92. The smallest absolute Gasteiger partial charge is 0.287 e. The van der Waals surface area contributed by atoms with E-state index in [4.69, 9.17) is 10.2 Å². The number of anilines is 1. The summed E-state index contributed by atoms with van der Waals surface area (Å²) in [4.78, 5) is 13.5. The fourth-order valence-corrected chi connectivity index (χ4v) is 1.16. The molecule has 0 unspecified atom stereocenters. The molecule has 3 N–H and O–H groups in total. The second-order valence-corrected chi connectivity index (χ2v) is 3.61. The van der Waals surface area contributed by atoms with Crippen molar-refractivity contribution >= 4 is 11.8 Å². The van der Waals surface area contributed by atoms with Crippen molar-refractivity contribution in [2.45, 2.75) is 6.42 Å². The van der Waals surface area contributed by atoms with Crippen LogP contribution in [0.3, 0.4) is 0 Å². The summed E-state index contributed by atoms with van der Waals surface area (Å²) in [6, 6.07) is 3.13. The lowest BCUT2D eigenvalue weighted by Crippen LogP contribution is -2.26. The normalized spacial score (nSPS) is 10.6. The van der Waals surface area contributed by atoms with Gasteiger partial charge in [0.1, 0.15) is 0 Å². The molecule has 0 aliphatic carbocycles. The molecule has 0 spiro atoms. The van der Waals surface area contributed by atoms with E-state index in [-0.39, 0.29) is 17.6 Å². The molecule has 1 heterocycles. The number of hydrogen-bond acceptors (Lipinski definition) is 4. The highest BCUT2D eigenvalue weighted by atomic mass is 16.4. The van der Waals surface area contributed by atoms with E-state index < -0.39 is 0 Å². The van der Waals surface area contributed by atoms with Gasteiger partial charge < -0.3 is 20.4 Å². The molecule has 0 saturated heterocycles. The number of nitrogens with zero attached hydrogens (tertiary/aromatic N) is 1. The molecule has 15 heavy (non-hydrogen) atoms. The maximum atomic E-state index is 11.4. The molecule has 1 aromatic rings. The van der Waals surface area contributed by atoms with Gasteiger partial charge in [-0.05, 0) is 33.1 Å². The minimum absolute atomic E-state index is 0.217. The fourth-order valence-electron chi connectivity index (χ4n) is 1.16. The first kappa shape index (κ1) is 11.6. The molecule has 0 radical (unpaired) electrons. The number of rotatable bonds is 5. The van der Waals surface area contributed by atoms with Crippen molar-refractivity contribution in [2.75, 3.05) is 32.9 Å². The fraction of sp³-hybridized carbons (Fsp3) is 0.500. The summed E-state index contributed by atoms with van der Waals surface area (Å²) in [6.45, 7) is 1.58. The van der Waals surface area contributed by atoms with Crippen LogP contribution >= 0.6 is 0 Å². The summed E-state index contributed by atoms with van der Waals surface area (Å²) < 4.78 is 4.98. The van der Waals surface area contributed by atoms with E-state index in [9.17, 15) is 4.79 Å². The lowest BCUT2D eigenvalue weighted by Gasteiger charge is -2.08. The Labute approximate surface area is 89.2 Å². The molecule has 0 aromatic carbocycles. The minimum atomic E-state index is -0.217. The Kier molecular flexibility index (Phi) is 4.17. The lowest BCUT2D eigenvalue weighted by molar-refractivity contribution is 0.0925. The molecule has 0 saturated carbocycles. The highest BCUT2D eigenvalue weighted by molar-refractivity contribution is 5.91. The predicted molar refractivity (Wildman–Crippen MR) is 58.6 cm³/mol. The molecule has 1 aromatic heterocycles. The first-order valence-electron chi connectivity index (χ1n) is 4.88. The summed E-state index contributed by atoms with van der Waals surface area (Å²) in [6.07, 6.45) is 0.912. The van der Waals surface area contributed by atoms with Crippen LogP contribution in [0.15, 0.2) is 16.5 Å². The number of nitrogen functional groups attached to an aromatic ring is 1. The zero-order valence-electron chi connectivity index (χ0n) is 9.12. The van der Waals surface area contributed by atoms with Crippen LogP contribution in [0.5, 0.6) is 0 Å². The van der Waals surface area contributed by atoms with Gasteiger partial charge in [-0.2, -0.15) is 0 Å².